The van der Waals surface area contributed by atoms with Gasteiger partial charge >= 0.3 is 11.9 Å². The Morgan fingerprint density at radius 2 is 1.31 bits per heavy atom. The molecule has 0 saturated carbocycles. The van der Waals surface area contributed by atoms with E-state index in [1.54, 1.807) is 27.7 Å². The summed E-state index contributed by atoms with van der Waals surface area (Å²) in [5, 5.41) is 25.0. The van der Waals surface area contributed by atoms with Crippen molar-refractivity contribution in [2.24, 2.45) is 17.6 Å². The van der Waals surface area contributed by atoms with Crippen molar-refractivity contribution in [2.75, 3.05) is 5.75 Å². The molecule has 0 aliphatic heterocycles. The number of carbonyl (C=O) groups excluding carboxylic acids is 3. The van der Waals surface area contributed by atoms with Crippen LogP contribution in [0.5, 0.6) is 0 Å². The first kappa shape index (κ1) is 26.7. The van der Waals surface area contributed by atoms with Crippen LogP contribution in [0.15, 0.2) is 0 Å². The van der Waals surface area contributed by atoms with Gasteiger partial charge in [-0.25, -0.2) is 4.79 Å². The van der Waals surface area contributed by atoms with E-state index in [9.17, 15) is 29.1 Å². The van der Waals surface area contributed by atoms with Gasteiger partial charge < -0.3 is 31.9 Å². The van der Waals surface area contributed by atoms with E-state index in [0.29, 0.717) is 0 Å². The number of amides is 3. The zero-order chi connectivity index (χ0) is 22.9. The minimum absolute atomic E-state index is 0.131. The van der Waals surface area contributed by atoms with Gasteiger partial charge in [0, 0.05) is 5.75 Å². The van der Waals surface area contributed by atoms with Crippen molar-refractivity contribution in [2.45, 2.75) is 58.3 Å². The Morgan fingerprint density at radius 1 is 0.828 bits per heavy atom. The average molecular weight is 435 g/mol. The molecule has 4 unspecified atom stereocenters. The van der Waals surface area contributed by atoms with E-state index in [1.165, 1.54) is 0 Å². The van der Waals surface area contributed by atoms with Crippen molar-refractivity contribution in [3.8, 4) is 0 Å². The fourth-order valence-corrected chi connectivity index (χ4v) is 2.45. The van der Waals surface area contributed by atoms with Crippen LogP contribution >= 0.6 is 12.6 Å². The molecule has 29 heavy (non-hydrogen) atoms. The molecule has 0 bridgehead atoms. The topological polar surface area (TPSA) is 188 Å². The van der Waals surface area contributed by atoms with E-state index < -0.39 is 66.2 Å². The van der Waals surface area contributed by atoms with Gasteiger partial charge in [-0.1, -0.05) is 27.7 Å². The lowest BCUT2D eigenvalue weighted by molar-refractivity contribution is -0.144. The zero-order valence-electron chi connectivity index (χ0n) is 16.8. The summed E-state index contributed by atoms with van der Waals surface area (Å²) in [6.45, 7) is 6.57. The number of hydrogen-bond acceptors (Lipinski definition) is 7. The van der Waals surface area contributed by atoms with Crippen molar-refractivity contribution >= 4 is 42.3 Å². The normalized spacial score (nSPS) is 15.2. The van der Waals surface area contributed by atoms with Crippen LogP contribution in [-0.4, -0.2) is 69.8 Å². The van der Waals surface area contributed by atoms with Crippen LogP contribution in [0.3, 0.4) is 0 Å². The lowest BCUT2D eigenvalue weighted by atomic mass is 10.0. The quantitative estimate of drug-likeness (QED) is 0.182. The number of nitrogens with one attached hydrogen (secondary N) is 3. The molecule has 0 aromatic heterocycles. The Balaban J connectivity index is 5.30. The summed E-state index contributed by atoms with van der Waals surface area (Å²) >= 11 is 3.99. The minimum atomic E-state index is -1.54. The summed E-state index contributed by atoms with van der Waals surface area (Å²) in [6.07, 6.45) is -0.777. The fraction of sp³-hybridized carbons (Fsp3) is 0.706. The van der Waals surface area contributed by atoms with Gasteiger partial charge in [0.15, 0.2) is 0 Å². The minimum Gasteiger partial charge on any atom is -0.481 e. The predicted octanol–water partition coefficient (Wildman–Crippen LogP) is -1.43. The van der Waals surface area contributed by atoms with Gasteiger partial charge in [-0.15, -0.1) is 0 Å². The highest BCUT2D eigenvalue weighted by Crippen LogP contribution is 2.05. The number of carbonyl (C=O) groups is 5. The van der Waals surface area contributed by atoms with Crippen molar-refractivity contribution in [3.05, 3.63) is 0 Å². The molecular weight excluding hydrogens is 404 g/mol. The van der Waals surface area contributed by atoms with Crippen molar-refractivity contribution in [1.29, 1.82) is 0 Å². The molecule has 0 aromatic carbocycles. The zero-order valence-corrected chi connectivity index (χ0v) is 17.7. The molecule has 4 atom stereocenters. The van der Waals surface area contributed by atoms with Gasteiger partial charge in [-0.05, 0) is 11.8 Å². The van der Waals surface area contributed by atoms with E-state index in [2.05, 4.69) is 28.6 Å². The highest BCUT2D eigenvalue weighted by Gasteiger charge is 2.32. The molecule has 0 aliphatic carbocycles. The monoisotopic (exact) mass is 434 g/mol. The molecule has 3 amide bonds. The van der Waals surface area contributed by atoms with E-state index in [4.69, 9.17) is 10.8 Å². The second-order valence-corrected chi connectivity index (χ2v) is 7.61. The Morgan fingerprint density at radius 3 is 1.69 bits per heavy atom. The molecule has 0 rings (SSSR count). The lowest BCUT2D eigenvalue weighted by Crippen LogP contribution is -2.58. The summed E-state index contributed by atoms with van der Waals surface area (Å²) in [7, 11) is 0. The van der Waals surface area contributed by atoms with Crippen LogP contribution in [0, 0.1) is 11.8 Å². The molecule has 0 aromatic rings. The number of nitrogens with two attached hydrogens (primary N) is 1. The highest BCUT2D eigenvalue weighted by atomic mass is 32.1. The number of carboxylic acids is 2. The Hall–Kier alpha value is -2.34. The molecule has 12 heteroatoms. The Labute approximate surface area is 174 Å². The molecule has 0 spiro atoms. The molecule has 7 N–H and O–H groups in total. The van der Waals surface area contributed by atoms with E-state index in [1.807, 2.05) is 0 Å². The first-order chi connectivity index (χ1) is 13.3. The second-order valence-electron chi connectivity index (χ2n) is 7.24. The van der Waals surface area contributed by atoms with Crippen LogP contribution in [0.1, 0.15) is 34.1 Å². The van der Waals surface area contributed by atoms with E-state index >= 15 is 0 Å². The SMILES string of the molecule is CC(C)C(N)C(=O)NC(CS)C(=O)NC(CC(=O)O)C(=O)NC(C(=O)O)C(C)C. The van der Waals surface area contributed by atoms with Crippen LogP contribution in [0.4, 0.5) is 0 Å². The van der Waals surface area contributed by atoms with Crippen LogP contribution in [0.2, 0.25) is 0 Å². The summed E-state index contributed by atoms with van der Waals surface area (Å²) in [5.74, 6) is -5.88. The molecule has 11 nitrogen and oxygen atoms in total. The van der Waals surface area contributed by atoms with Gasteiger partial charge in [0.25, 0.3) is 0 Å². The summed E-state index contributed by atoms with van der Waals surface area (Å²) in [6, 6.07) is -4.84. The molecule has 0 aliphatic rings. The van der Waals surface area contributed by atoms with Crippen molar-refractivity contribution in [1.82, 2.24) is 16.0 Å². The first-order valence-electron chi connectivity index (χ1n) is 9.03. The van der Waals surface area contributed by atoms with Crippen LogP contribution < -0.4 is 21.7 Å². The van der Waals surface area contributed by atoms with Crippen LogP contribution in [0.25, 0.3) is 0 Å². The Bertz CT molecular complexity index is 627. The second kappa shape index (κ2) is 12.3. The molecule has 0 fully saturated rings. The first-order valence-corrected chi connectivity index (χ1v) is 9.67. The molecule has 0 saturated heterocycles. The third-order valence-electron chi connectivity index (χ3n) is 4.08. The molecule has 0 heterocycles. The van der Waals surface area contributed by atoms with E-state index in [-0.39, 0.29) is 11.7 Å². The lowest BCUT2D eigenvalue weighted by Gasteiger charge is -2.25. The number of aliphatic carboxylic acids is 2. The smallest absolute Gasteiger partial charge is 0.326 e. The van der Waals surface area contributed by atoms with Gasteiger partial charge in [0.05, 0.1) is 12.5 Å². The summed E-state index contributed by atoms with van der Waals surface area (Å²) in [4.78, 5) is 59.2. The molecule has 166 valence electrons. The van der Waals surface area contributed by atoms with Crippen LogP contribution in [-0.2, 0) is 24.0 Å². The number of rotatable bonds is 12. The maximum Gasteiger partial charge on any atom is 0.326 e. The molecule has 0 radical (unpaired) electrons. The largest absolute Gasteiger partial charge is 0.481 e. The van der Waals surface area contributed by atoms with Crippen molar-refractivity contribution < 1.29 is 34.2 Å². The summed E-state index contributed by atoms with van der Waals surface area (Å²) in [5.41, 5.74) is 5.72. The Kier molecular flexibility index (Phi) is 11.3. The van der Waals surface area contributed by atoms with Gasteiger partial charge in [-0.3, -0.25) is 19.2 Å². The van der Waals surface area contributed by atoms with Crippen molar-refractivity contribution in [3.63, 3.8) is 0 Å². The van der Waals surface area contributed by atoms with Gasteiger partial charge in [0.2, 0.25) is 17.7 Å². The predicted molar refractivity (Wildman–Crippen MR) is 107 cm³/mol. The van der Waals surface area contributed by atoms with Gasteiger partial charge in [-0.2, -0.15) is 12.6 Å². The van der Waals surface area contributed by atoms with Gasteiger partial charge in [0.1, 0.15) is 18.1 Å². The fourth-order valence-electron chi connectivity index (χ4n) is 2.19. The number of carboxylic acid groups (broad SMARTS) is 2. The maximum atomic E-state index is 12.4. The third kappa shape index (κ3) is 9.13. The van der Waals surface area contributed by atoms with E-state index in [0.717, 1.165) is 0 Å². The molecular formula is C17H30N4O7S. The number of hydrogen-bond donors (Lipinski definition) is 7. The summed E-state index contributed by atoms with van der Waals surface area (Å²) < 4.78 is 0. The third-order valence-corrected chi connectivity index (χ3v) is 4.44. The maximum absolute atomic E-state index is 12.4. The average Bonchev–Trinajstić information content (AvgIpc) is 2.61. The standard InChI is InChI=1S/C17H30N4O7S/c1-7(2)12(18)16(26)20-10(6-29)15(25)19-9(5-11(22)23)14(24)21-13(8(3)4)17(27)28/h7-10,12-13,29H,5-6,18H2,1-4H3,(H,19,25)(H,20,26)(H,21,24)(H,22,23)(H,27,28). The number of thiol groups is 1. The highest BCUT2D eigenvalue weighted by molar-refractivity contribution is 7.80.